The van der Waals surface area contributed by atoms with Crippen molar-refractivity contribution >= 4 is 75.8 Å². The smallest absolute Gasteiger partial charge is 0.136 e. The summed E-state index contributed by atoms with van der Waals surface area (Å²) in [4.78, 5) is 0. The van der Waals surface area contributed by atoms with Crippen molar-refractivity contribution in [1.82, 2.24) is 0 Å². The minimum Gasteiger partial charge on any atom is -0.456 e. The second-order valence-corrected chi connectivity index (χ2v) is 11.4. The lowest BCUT2D eigenvalue weighted by Crippen LogP contribution is -1.91. The van der Waals surface area contributed by atoms with Crippen molar-refractivity contribution in [2.24, 2.45) is 0 Å². The van der Waals surface area contributed by atoms with Gasteiger partial charge in [0, 0.05) is 10.8 Å². The molecular formula is C44H26O. The quantitative estimate of drug-likeness (QED) is 0.147. The maximum absolute atomic E-state index is 9.45. The second-order valence-electron chi connectivity index (χ2n) is 11.4. The zero-order valence-electron chi connectivity index (χ0n) is 31.8. The van der Waals surface area contributed by atoms with Gasteiger partial charge in [-0.05, 0) is 100 Å². The SMILES string of the molecule is [2H]c1c([2H])c([2H])c2c(-c3cccc4oc5cc6ccccc6cc5c34)c3c([2H])c([2H])c([2H])c([2H])c3c(-c3ccc4ccc5ccccc5c4c3)c2c1[2H]. The highest BCUT2D eigenvalue weighted by Gasteiger charge is 2.20. The van der Waals surface area contributed by atoms with Crippen LogP contribution in [0.4, 0.5) is 0 Å². The first-order chi connectivity index (χ1) is 25.6. The van der Waals surface area contributed by atoms with Crippen LogP contribution >= 0.6 is 0 Å². The highest BCUT2D eigenvalue weighted by molar-refractivity contribution is 6.26. The number of hydrogen-bond acceptors (Lipinski definition) is 1. The van der Waals surface area contributed by atoms with Crippen LogP contribution in [0, 0.1) is 0 Å². The number of benzene rings is 9. The Kier molecular flexibility index (Phi) is 3.72. The first-order valence-corrected chi connectivity index (χ1v) is 14.9. The van der Waals surface area contributed by atoms with E-state index < -0.39 is 24.2 Å². The normalized spacial score (nSPS) is 14.5. The van der Waals surface area contributed by atoms with Gasteiger partial charge in [-0.1, -0.05) is 133 Å². The standard InChI is InChI=1S/C44H26O/c1-2-12-30-26-41-39(24-29(30)11-1)44-37(18-9-19-40(44)45-41)43-35-16-7-5-14-33(35)42(34-15-6-8-17-36(34)43)31-23-22-28-21-20-27-10-3-4-13-32(27)38(28)25-31/h1-26H/i5D,6D,7D,8D,14D,15D,16D,17D. The van der Waals surface area contributed by atoms with E-state index in [2.05, 4.69) is 0 Å². The molecule has 0 N–H and O–H groups in total. The third-order valence-corrected chi connectivity index (χ3v) is 9.04. The van der Waals surface area contributed by atoms with E-state index in [1.807, 2.05) is 103 Å². The van der Waals surface area contributed by atoms with Crippen molar-refractivity contribution in [1.29, 1.82) is 0 Å². The third-order valence-electron chi connectivity index (χ3n) is 9.04. The van der Waals surface area contributed by atoms with Gasteiger partial charge in [0.1, 0.15) is 11.2 Å². The lowest BCUT2D eigenvalue weighted by molar-refractivity contribution is 0.669. The van der Waals surface area contributed by atoms with Crippen LogP contribution in [0.3, 0.4) is 0 Å². The molecule has 9 aromatic carbocycles. The molecule has 10 rings (SSSR count). The van der Waals surface area contributed by atoms with Crippen molar-refractivity contribution in [2.75, 3.05) is 0 Å². The fraction of sp³-hybridized carbons (Fsp3) is 0. The van der Waals surface area contributed by atoms with Crippen molar-refractivity contribution in [3.63, 3.8) is 0 Å². The van der Waals surface area contributed by atoms with Crippen molar-refractivity contribution in [3.8, 4) is 22.3 Å². The molecule has 0 spiro atoms. The molecule has 0 bridgehead atoms. The molecule has 1 heterocycles. The molecule has 0 fully saturated rings. The van der Waals surface area contributed by atoms with Crippen LogP contribution in [-0.4, -0.2) is 0 Å². The van der Waals surface area contributed by atoms with Crippen LogP contribution in [0.2, 0.25) is 0 Å². The van der Waals surface area contributed by atoms with Gasteiger partial charge >= 0.3 is 0 Å². The molecule has 0 aliphatic heterocycles. The Bertz CT molecular complexity index is 3190. The molecule has 1 heteroatoms. The molecule has 45 heavy (non-hydrogen) atoms. The maximum atomic E-state index is 9.45. The lowest BCUT2D eigenvalue weighted by atomic mass is 9.84. The van der Waals surface area contributed by atoms with Crippen molar-refractivity contribution < 1.29 is 15.4 Å². The summed E-state index contributed by atoms with van der Waals surface area (Å²) in [6, 6.07) is 32.3. The van der Waals surface area contributed by atoms with Crippen LogP contribution in [0.5, 0.6) is 0 Å². The predicted molar refractivity (Wildman–Crippen MR) is 192 cm³/mol. The molecule has 0 aliphatic rings. The van der Waals surface area contributed by atoms with E-state index in [0.717, 1.165) is 37.7 Å². The molecule has 10 aromatic rings. The number of rotatable bonds is 2. The number of hydrogen-bond donors (Lipinski definition) is 0. The number of furan rings is 1. The third kappa shape index (κ3) is 3.56. The predicted octanol–water partition coefficient (Wildman–Crippen LogP) is 12.7. The van der Waals surface area contributed by atoms with Crippen LogP contribution < -0.4 is 0 Å². The second kappa shape index (κ2) is 9.29. The summed E-state index contributed by atoms with van der Waals surface area (Å²) in [5.41, 5.74) is 2.90. The molecule has 1 aromatic heterocycles. The molecule has 208 valence electrons. The zero-order chi connectivity index (χ0) is 36.4. The molecular weight excluding hydrogens is 544 g/mol. The topological polar surface area (TPSA) is 13.1 Å². The van der Waals surface area contributed by atoms with E-state index >= 15 is 0 Å². The summed E-state index contributed by atoms with van der Waals surface area (Å²) in [6.45, 7) is 0. The van der Waals surface area contributed by atoms with Gasteiger partial charge in [0.2, 0.25) is 0 Å². The summed E-state index contributed by atoms with van der Waals surface area (Å²) in [6.07, 6.45) is 0. The highest BCUT2D eigenvalue weighted by atomic mass is 16.3. The highest BCUT2D eigenvalue weighted by Crippen LogP contribution is 2.47. The van der Waals surface area contributed by atoms with Crippen LogP contribution in [0.1, 0.15) is 11.0 Å². The van der Waals surface area contributed by atoms with Gasteiger partial charge < -0.3 is 4.42 Å². The molecule has 0 saturated heterocycles. The number of fused-ring (bicyclic) bond motifs is 9. The Morgan fingerprint density at radius 3 is 1.73 bits per heavy atom. The van der Waals surface area contributed by atoms with E-state index in [4.69, 9.17) is 9.90 Å². The Balaban J connectivity index is 1.47. The van der Waals surface area contributed by atoms with E-state index in [1.54, 1.807) is 6.07 Å². The lowest BCUT2D eigenvalue weighted by Gasteiger charge is -2.18. The van der Waals surface area contributed by atoms with Crippen LogP contribution in [-0.2, 0) is 0 Å². The van der Waals surface area contributed by atoms with E-state index in [0.29, 0.717) is 38.8 Å². The summed E-state index contributed by atoms with van der Waals surface area (Å²) >= 11 is 0. The fourth-order valence-corrected chi connectivity index (χ4v) is 7.06. The Morgan fingerprint density at radius 1 is 0.400 bits per heavy atom. The molecule has 0 amide bonds. The van der Waals surface area contributed by atoms with Gasteiger partial charge in [-0.2, -0.15) is 0 Å². The van der Waals surface area contributed by atoms with E-state index in [9.17, 15) is 5.48 Å². The molecule has 1 nitrogen and oxygen atoms in total. The average molecular weight is 579 g/mol. The Labute approximate surface area is 270 Å². The molecule has 0 unspecified atom stereocenters. The molecule has 0 aliphatic carbocycles. The van der Waals surface area contributed by atoms with Gasteiger partial charge in [0.15, 0.2) is 0 Å². The van der Waals surface area contributed by atoms with Crippen LogP contribution in [0.25, 0.3) is 98.1 Å². The fourth-order valence-electron chi connectivity index (χ4n) is 7.06. The summed E-state index contributed by atoms with van der Waals surface area (Å²) in [7, 11) is 0. The average Bonchev–Trinajstić information content (AvgIpc) is 3.55. The molecule has 0 atom stereocenters. The van der Waals surface area contributed by atoms with Gasteiger partial charge in [0.25, 0.3) is 0 Å². The Hall–Kier alpha value is -5.92. The van der Waals surface area contributed by atoms with Gasteiger partial charge in [-0.3, -0.25) is 0 Å². The summed E-state index contributed by atoms with van der Waals surface area (Å²) in [5.74, 6) is 0. The van der Waals surface area contributed by atoms with Crippen LogP contribution in [0.15, 0.2) is 162 Å². The van der Waals surface area contributed by atoms with Crippen molar-refractivity contribution in [2.45, 2.75) is 0 Å². The minimum atomic E-state index is -0.436. The van der Waals surface area contributed by atoms with Gasteiger partial charge in [0.05, 0.1) is 11.0 Å². The zero-order valence-corrected chi connectivity index (χ0v) is 23.8. The first kappa shape index (κ1) is 18.0. The van der Waals surface area contributed by atoms with E-state index in [-0.39, 0.29) is 45.7 Å². The monoisotopic (exact) mass is 578 g/mol. The summed E-state index contributed by atoms with van der Waals surface area (Å²) in [5, 5.41) is 8.03. The van der Waals surface area contributed by atoms with Gasteiger partial charge in [-0.25, -0.2) is 0 Å². The molecule has 0 saturated carbocycles. The van der Waals surface area contributed by atoms with Gasteiger partial charge in [-0.15, -0.1) is 0 Å². The largest absolute Gasteiger partial charge is 0.456 e. The summed E-state index contributed by atoms with van der Waals surface area (Å²) < 4.78 is 79.6. The van der Waals surface area contributed by atoms with E-state index in [1.165, 1.54) is 0 Å². The minimum absolute atomic E-state index is 0.171. The maximum Gasteiger partial charge on any atom is 0.136 e. The Morgan fingerprint density at radius 2 is 1.00 bits per heavy atom. The first-order valence-electron chi connectivity index (χ1n) is 18.9. The molecule has 0 radical (unpaired) electrons. The van der Waals surface area contributed by atoms with Crippen molar-refractivity contribution in [3.05, 3.63) is 158 Å².